The summed E-state index contributed by atoms with van der Waals surface area (Å²) in [5.74, 6) is -2.47. The number of unbranched alkanes of at least 4 members (excludes halogenated alkanes) is 4. The molecular formula is C30H47NO8. The number of benzene rings is 1. The number of esters is 3. The van der Waals surface area contributed by atoms with E-state index in [-0.39, 0.29) is 49.0 Å². The van der Waals surface area contributed by atoms with Gasteiger partial charge in [0.2, 0.25) is 0 Å². The van der Waals surface area contributed by atoms with Crippen molar-refractivity contribution in [1.29, 1.82) is 0 Å². The Morgan fingerprint density at radius 1 is 0.872 bits per heavy atom. The van der Waals surface area contributed by atoms with Gasteiger partial charge in [-0.1, -0.05) is 66.4 Å². The maximum Gasteiger partial charge on any atom is 0.324 e. The van der Waals surface area contributed by atoms with E-state index in [1.54, 1.807) is 13.0 Å². The van der Waals surface area contributed by atoms with Crippen molar-refractivity contribution in [2.75, 3.05) is 0 Å². The standard InChI is InChI=1S/C30H47NO8/c1-7-9-11-13-25(32)38-23-16-15-22(17-24(23)39-26(33)14-12-10-8-2)19-30(31,28(35)36)18-21(3)37-27(34)20-29(4,5)6/h15-17,21H,7-14,18-20,31H2,1-6H3,(H,35,36)/t21-,30?/m0/s1. The van der Waals surface area contributed by atoms with Gasteiger partial charge in [0.05, 0.1) is 6.42 Å². The zero-order valence-corrected chi connectivity index (χ0v) is 24.5. The van der Waals surface area contributed by atoms with E-state index in [0.717, 1.165) is 25.7 Å². The van der Waals surface area contributed by atoms with Crippen LogP contribution in [0.1, 0.15) is 111 Å². The molecule has 0 saturated heterocycles. The first-order chi connectivity index (χ1) is 18.2. The quantitative estimate of drug-likeness (QED) is 0.141. The van der Waals surface area contributed by atoms with Gasteiger partial charge < -0.3 is 25.1 Å². The fourth-order valence-electron chi connectivity index (χ4n) is 4.07. The normalized spacial score (nSPS) is 13.7. The highest BCUT2D eigenvalue weighted by Crippen LogP contribution is 2.32. The van der Waals surface area contributed by atoms with Crippen LogP contribution in [-0.4, -0.2) is 40.6 Å². The van der Waals surface area contributed by atoms with Gasteiger partial charge in [0, 0.05) is 25.7 Å². The average Bonchev–Trinajstić information content (AvgIpc) is 2.79. The molecule has 0 fully saturated rings. The largest absolute Gasteiger partial charge is 0.480 e. The molecule has 0 aliphatic carbocycles. The van der Waals surface area contributed by atoms with Crippen LogP contribution in [0.2, 0.25) is 0 Å². The first-order valence-electron chi connectivity index (χ1n) is 13.9. The maximum absolute atomic E-state index is 12.5. The van der Waals surface area contributed by atoms with Crippen molar-refractivity contribution in [3.05, 3.63) is 23.8 Å². The van der Waals surface area contributed by atoms with Crippen LogP contribution in [0.4, 0.5) is 0 Å². The number of hydrogen-bond donors (Lipinski definition) is 2. The minimum absolute atomic E-state index is 0.0373. The Hall–Kier alpha value is -2.94. The predicted molar refractivity (Wildman–Crippen MR) is 148 cm³/mol. The van der Waals surface area contributed by atoms with Crippen molar-refractivity contribution < 1.29 is 38.5 Å². The summed E-state index contributed by atoms with van der Waals surface area (Å²) in [6.07, 6.45) is 4.66. The van der Waals surface area contributed by atoms with Crippen LogP contribution >= 0.6 is 0 Å². The number of ether oxygens (including phenoxy) is 3. The second-order valence-corrected chi connectivity index (χ2v) is 11.5. The summed E-state index contributed by atoms with van der Waals surface area (Å²) in [7, 11) is 0. The lowest BCUT2D eigenvalue weighted by Gasteiger charge is -2.28. The average molecular weight is 550 g/mol. The monoisotopic (exact) mass is 549 g/mol. The van der Waals surface area contributed by atoms with E-state index in [2.05, 4.69) is 0 Å². The third-order valence-corrected chi connectivity index (χ3v) is 6.03. The lowest BCUT2D eigenvalue weighted by Crippen LogP contribution is -2.52. The molecule has 0 saturated carbocycles. The number of carboxylic acid groups (broad SMARTS) is 1. The van der Waals surface area contributed by atoms with Crippen molar-refractivity contribution in [3.8, 4) is 11.5 Å². The number of carbonyl (C=O) groups excluding carboxylic acids is 3. The zero-order valence-electron chi connectivity index (χ0n) is 24.5. The van der Waals surface area contributed by atoms with Gasteiger partial charge in [-0.25, -0.2) is 0 Å². The molecule has 0 aromatic heterocycles. The van der Waals surface area contributed by atoms with Crippen molar-refractivity contribution in [2.24, 2.45) is 11.1 Å². The molecule has 0 aliphatic heterocycles. The van der Waals surface area contributed by atoms with E-state index in [1.165, 1.54) is 12.1 Å². The molecule has 0 aliphatic rings. The second-order valence-electron chi connectivity index (χ2n) is 11.5. The molecule has 0 radical (unpaired) electrons. The van der Waals surface area contributed by atoms with Crippen LogP contribution in [0.25, 0.3) is 0 Å². The molecule has 0 bridgehead atoms. The Morgan fingerprint density at radius 2 is 1.41 bits per heavy atom. The molecule has 0 amide bonds. The van der Waals surface area contributed by atoms with Gasteiger partial charge in [0.1, 0.15) is 11.6 Å². The molecule has 0 heterocycles. The molecule has 3 N–H and O–H groups in total. The number of carbonyl (C=O) groups is 4. The number of nitrogens with two attached hydrogens (primary N) is 1. The summed E-state index contributed by atoms with van der Waals surface area (Å²) in [4.78, 5) is 49.2. The summed E-state index contributed by atoms with van der Waals surface area (Å²) in [5.41, 5.74) is 4.75. The number of carboxylic acids is 1. The van der Waals surface area contributed by atoms with Crippen molar-refractivity contribution in [3.63, 3.8) is 0 Å². The Bertz CT molecular complexity index is 968. The SMILES string of the molecule is CCCCCC(=O)Oc1ccc(CC(N)(C[C@H](C)OC(=O)CC(C)(C)C)C(=O)O)cc1OC(=O)CCCCC. The summed E-state index contributed by atoms with van der Waals surface area (Å²) < 4.78 is 16.4. The van der Waals surface area contributed by atoms with E-state index in [9.17, 15) is 24.3 Å². The first kappa shape index (κ1) is 34.1. The van der Waals surface area contributed by atoms with Crippen LogP contribution in [0.15, 0.2) is 18.2 Å². The Kier molecular flexibility index (Phi) is 14.2. The Balaban J connectivity index is 3.12. The fourth-order valence-corrected chi connectivity index (χ4v) is 4.07. The minimum Gasteiger partial charge on any atom is -0.480 e. The highest BCUT2D eigenvalue weighted by molar-refractivity contribution is 5.80. The van der Waals surface area contributed by atoms with E-state index in [1.807, 2.05) is 34.6 Å². The van der Waals surface area contributed by atoms with Gasteiger partial charge in [-0.2, -0.15) is 0 Å². The molecule has 1 unspecified atom stereocenters. The van der Waals surface area contributed by atoms with Crippen molar-refractivity contribution in [1.82, 2.24) is 0 Å². The topological polar surface area (TPSA) is 142 Å². The van der Waals surface area contributed by atoms with Gasteiger partial charge in [-0.05, 0) is 42.9 Å². The van der Waals surface area contributed by atoms with Gasteiger partial charge in [-0.15, -0.1) is 0 Å². The van der Waals surface area contributed by atoms with Gasteiger partial charge >= 0.3 is 23.9 Å². The number of hydrogen-bond acceptors (Lipinski definition) is 8. The number of rotatable bonds is 17. The van der Waals surface area contributed by atoms with E-state index < -0.39 is 35.5 Å². The summed E-state index contributed by atoms with van der Waals surface area (Å²) in [6.45, 7) is 11.4. The molecule has 39 heavy (non-hydrogen) atoms. The van der Waals surface area contributed by atoms with Crippen LogP contribution in [0, 0.1) is 5.41 Å². The summed E-state index contributed by atoms with van der Waals surface area (Å²) >= 11 is 0. The molecular weight excluding hydrogens is 502 g/mol. The summed E-state index contributed by atoms with van der Waals surface area (Å²) in [6, 6.07) is 4.55. The molecule has 2 atom stereocenters. The third kappa shape index (κ3) is 13.6. The Morgan fingerprint density at radius 3 is 1.90 bits per heavy atom. The van der Waals surface area contributed by atoms with Crippen LogP contribution in [-0.2, 0) is 30.3 Å². The summed E-state index contributed by atoms with van der Waals surface area (Å²) in [5, 5.41) is 9.95. The van der Waals surface area contributed by atoms with Gasteiger partial charge in [-0.3, -0.25) is 19.2 Å². The second kappa shape index (κ2) is 16.2. The van der Waals surface area contributed by atoms with Gasteiger partial charge in [0.25, 0.3) is 0 Å². The third-order valence-electron chi connectivity index (χ3n) is 6.03. The molecule has 9 heteroatoms. The maximum atomic E-state index is 12.5. The lowest BCUT2D eigenvalue weighted by atomic mass is 9.86. The molecule has 1 aromatic carbocycles. The van der Waals surface area contributed by atoms with Crippen molar-refractivity contribution in [2.45, 2.75) is 124 Å². The molecule has 1 aromatic rings. The fraction of sp³-hybridized carbons (Fsp3) is 0.667. The predicted octanol–water partition coefficient (Wildman–Crippen LogP) is 5.74. The number of aliphatic carboxylic acids is 1. The van der Waals surface area contributed by atoms with Crippen LogP contribution in [0.5, 0.6) is 11.5 Å². The first-order valence-corrected chi connectivity index (χ1v) is 13.9. The zero-order chi connectivity index (χ0) is 29.6. The molecule has 0 spiro atoms. The molecule has 220 valence electrons. The van der Waals surface area contributed by atoms with E-state index in [4.69, 9.17) is 19.9 Å². The Labute approximate surface area is 232 Å². The molecule has 1 rings (SSSR count). The minimum atomic E-state index is -1.76. The van der Waals surface area contributed by atoms with E-state index >= 15 is 0 Å². The lowest BCUT2D eigenvalue weighted by molar-refractivity contribution is -0.154. The van der Waals surface area contributed by atoms with Crippen molar-refractivity contribution >= 4 is 23.9 Å². The van der Waals surface area contributed by atoms with Crippen LogP contribution < -0.4 is 15.2 Å². The highest BCUT2D eigenvalue weighted by atomic mass is 16.6. The van der Waals surface area contributed by atoms with Crippen LogP contribution in [0.3, 0.4) is 0 Å². The van der Waals surface area contributed by atoms with E-state index in [0.29, 0.717) is 18.4 Å². The molecule has 9 nitrogen and oxygen atoms in total. The smallest absolute Gasteiger partial charge is 0.324 e. The van der Waals surface area contributed by atoms with Gasteiger partial charge in [0.15, 0.2) is 11.5 Å². The highest BCUT2D eigenvalue weighted by Gasteiger charge is 2.37.